The van der Waals surface area contributed by atoms with Crippen LogP contribution >= 0.6 is 0 Å². The minimum atomic E-state index is -0.381. The number of fused-ring (bicyclic) bond motifs is 1. The summed E-state index contributed by atoms with van der Waals surface area (Å²) in [7, 11) is 0. The summed E-state index contributed by atoms with van der Waals surface area (Å²) in [5, 5.41) is 13.2. The van der Waals surface area contributed by atoms with Crippen LogP contribution in [0.15, 0.2) is 0 Å². The zero-order chi connectivity index (χ0) is 24.1. The normalized spacial score (nSPS) is 23.2. The number of hydrogen-bond donors (Lipinski definition) is 1. The Morgan fingerprint density at radius 3 is 2.27 bits per heavy atom. The molecule has 0 saturated heterocycles. The summed E-state index contributed by atoms with van der Waals surface area (Å²) >= 11 is 0. The minimum Gasteiger partial charge on any atom is -0.458 e. The molecular weight excluding hydrogens is 412 g/mol. The number of ether oxygens (including phenoxy) is 1. The lowest BCUT2D eigenvalue weighted by molar-refractivity contribution is -0.0393. The van der Waals surface area contributed by atoms with Gasteiger partial charge in [-0.1, -0.05) is 67.2 Å². The van der Waals surface area contributed by atoms with E-state index >= 15 is 0 Å². The lowest BCUT2D eigenvalue weighted by Gasteiger charge is -2.40. The molecule has 6 heteroatoms. The van der Waals surface area contributed by atoms with Gasteiger partial charge in [0, 0.05) is 5.92 Å². The standard InChI is InChI=1S/C27H42N4O2/c1-7-10-12-19-14-18(6)15-20(13-11-8-2)24(19)33-27(32)23-21(16-28)22(9-3)31-26(23)29-25(30-31)17(4)5/h17-20,24H,7-15H2,1-6H3,(H,29,30). The summed E-state index contributed by atoms with van der Waals surface area (Å²) in [5.74, 6) is 2.06. The highest BCUT2D eigenvalue weighted by atomic mass is 16.5. The third kappa shape index (κ3) is 5.28. The molecule has 0 radical (unpaired) electrons. The van der Waals surface area contributed by atoms with Crippen molar-refractivity contribution >= 4 is 11.6 Å². The van der Waals surface area contributed by atoms with E-state index in [4.69, 9.17) is 9.72 Å². The number of hydrogen-bond acceptors (Lipinski definition) is 4. The second-order valence-electron chi connectivity index (χ2n) is 10.3. The molecule has 182 valence electrons. The van der Waals surface area contributed by atoms with E-state index < -0.39 is 0 Å². The number of carbonyl (C=O) groups excluding carboxylic acids is 1. The second-order valence-corrected chi connectivity index (χ2v) is 10.3. The number of nitrogens with one attached hydrogen (secondary N) is 1. The molecule has 0 aliphatic heterocycles. The molecule has 1 aliphatic carbocycles. The highest BCUT2D eigenvalue weighted by Crippen LogP contribution is 2.41. The number of aryl methyl sites for hydroxylation is 1. The molecular formula is C27H42N4O2. The van der Waals surface area contributed by atoms with Crippen LogP contribution < -0.4 is 0 Å². The van der Waals surface area contributed by atoms with Gasteiger partial charge in [0.25, 0.3) is 0 Å². The van der Waals surface area contributed by atoms with Gasteiger partial charge in [-0.15, -0.1) is 0 Å². The Hall–Kier alpha value is -2.29. The number of H-pyrrole nitrogens is 1. The third-order valence-electron chi connectivity index (χ3n) is 7.33. The summed E-state index contributed by atoms with van der Waals surface area (Å²) in [6, 6.07) is 2.27. The first-order valence-electron chi connectivity index (χ1n) is 13.1. The van der Waals surface area contributed by atoms with Crippen molar-refractivity contribution in [3.05, 3.63) is 22.6 Å². The van der Waals surface area contributed by atoms with Crippen molar-refractivity contribution in [1.29, 1.82) is 5.26 Å². The molecule has 6 nitrogen and oxygen atoms in total. The predicted octanol–water partition coefficient (Wildman–Crippen LogP) is 6.79. The maximum absolute atomic E-state index is 13.7. The molecule has 1 saturated carbocycles. The van der Waals surface area contributed by atoms with Crippen LogP contribution in [0, 0.1) is 29.1 Å². The van der Waals surface area contributed by atoms with Gasteiger partial charge in [0.1, 0.15) is 23.6 Å². The van der Waals surface area contributed by atoms with E-state index in [1.54, 1.807) is 0 Å². The highest BCUT2D eigenvalue weighted by molar-refractivity contribution is 5.99. The minimum absolute atomic E-state index is 0.0816. The van der Waals surface area contributed by atoms with Crippen LogP contribution in [0.25, 0.3) is 5.65 Å². The van der Waals surface area contributed by atoms with E-state index in [2.05, 4.69) is 45.8 Å². The number of esters is 1. The maximum Gasteiger partial charge on any atom is 0.343 e. The number of nitriles is 1. The first kappa shape index (κ1) is 25.3. The van der Waals surface area contributed by atoms with Gasteiger partial charge in [0.05, 0.1) is 11.3 Å². The van der Waals surface area contributed by atoms with Crippen molar-refractivity contribution in [3.8, 4) is 6.07 Å². The molecule has 2 aromatic heterocycles. The monoisotopic (exact) mass is 454 g/mol. The van der Waals surface area contributed by atoms with Crippen LogP contribution in [0.2, 0.25) is 0 Å². The molecule has 1 N–H and O–H groups in total. The molecule has 2 aromatic rings. The molecule has 0 amide bonds. The van der Waals surface area contributed by atoms with Gasteiger partial charge in [0.2, 0.25) is 0 Å². The molecule has 0 spiro atoms. The predicted molar refractivity (Wildman–Crippen MR) is 131 cm³/mol. The molecule has 1 fully saturated rings. The smallest absolute Gasteiger partial charge is 0.343 e. The second kappa shape index (κ2) is 11.2. The van der Waals surface area contributed by atoms with Gasteiger partial charge >= 0.3 is 5.97 Å². The molecule has 33 heavy (non-hydrogen) atoms. The number of aromatic amines is 1. The molecule has 1 aliphatic rings. The van der Waals surface area contributed by atoms with Crippen LogP contribution in [0.4, 0.5) is 0 Å². The SMILES string of the molecule is CCCCC1CC(C)CC(CCCC)C1OC(=O)c1c(C#N)c(CC)n2[nH]c(C(C)C)nc12. The Labute approximate surface area is 199 Å². The quantitative estimate of drug-likeness (QED) is 0.401. The zero-order valence-corrected chi connectivity index (χ0v) is 21.4. The molecule has 0 aromatic carbocycles. The maximum atomic E-state index is 13.7. The Balaban J connectivity index is 1.99. The Morgan fingerprint density at radius 2 is 1.79 bits per heavy atom. The summed E-state index contributed by atoms with van der Waals surface area (Å²) in [6.07, 6.45) is 9.57. The van der Waals surface area contributed by atoms with E-state index in [1.807, 2.05) is 11.4 Å². The number of carbonyl (C=O) groups is 1. The Bertz CT molecular complexity index is 963. The Morgan fingerprint density at radius 1 is 1.18 bits per heavy atom. The van der Waals surface area contributed by atoms with Crippen LogP contribution in [-0.4, -0.2) is 26.7 Å². The highest BCUT2D eigenvalue weighted by Gasteiger charge is 2.39. The molecule has 2 unspecified atom stereocenters. The molecule has 0 bridgehead atoms. The first-order valence-corrected chi connectivity index (χ1v) is 13.1. The van der Waals surface area contributed by atoms with E-state index in [0.717, 1.165) is 62.9 Å². The van der Waals surface area contributed by atoms with Gasteiger partial charge in [-0.3, -0.25) is 5.10 Å². The Kier molecular flexibility index (Phi) is 8.62. The lowest BCUT2D eigenvalue weighted by atomic mass is 9.70. The fourth-order valence-corrected chi connectivity index (χ4v) is 5.65. The number of nitrogens with zero attached hydrogens (tertiary/aromatic N) is 3. The van der Waals surface area contributed by atoms with Gasteiger partial charge in [-0.2, -0.15) is 5.26 Å². The van der Waals surface area contributed by atoms with Crippen molar-refractivity contribution in [3.63, 3.8) is 0 Å². The van der Waals surface area contributed by atoms with E-state index in [9.17, 15) is 10.1 Å². The summed E-state index contributed by atoms with van der Waals surface area (Å²) in [6.45, 7) is 12.9. The van der Waals surface area contributed by atoms with Crippen molar-refractivity contribution in [1.82, 2.24) is 14.6 Å². The fourth-order valence-electron chi connectivity index (χ4n) is 5.65. The van der Waals surface area contributed by atoms with Gasteiger partial charge in [-0.05, 0) is 49.9 Å². The van der Waals surface area contributed by atoms with Gasteiger partial charge < -0.3 is 4.74 Å². The third-order valence-corrected chi connectivity index (χ3v) is 7.33. The molecule has 3 rings (SSSR count). The van der Waals surface area contributed by atoms with Crippen LogP contribution in [-0.2, 0) is 11.2 Å². The largest absolute Gasteiger partial charge is 0.458 e. The van der Waals surface area contributed by atoms with Crippen molar-refractivity contribution < 1.29 is 9.53 Å². The molecule has 2 heterocycles. The van der Waals surface area contributed by atoms with E-state index in [1.165, 1.54) is 0 Å². The number of unbranched alkanes of at least 4 members (excludes halogenated alkanes) is 2. The summed E-state index contributed by atoms with van der Waals surface area (Å²) in [4.78, 5) is 18.4. The zero-order valence-electron chi connectivity index (χ0n) is 21.4. The van der Waals surface area contributed by atoms with E-state index in [-0.39, 0.29) is 18.0 Å². The van der Waals surface area contributed by atoms with Gasteiger partial charge in [-0.25, -0.2) is 14.3 Å². The number of aromatic nitrogens is 3. The van der Waals surface area contributed by atoms with Gasteiger partial charge in [0.15, 0.2) is 5.65 Å². The van der Waals surface area contributed by atoms with E-state index in [0.29, 0.717) is 40.9 Å². The fraction of sp³-hybridized carbons (Fsp3) is 0.741. The average Bonchev–Trinajstić information content (AvgIpc) is 3.34. The average molecular weight is 455 g/mol. The number of rotatable bonds is 10. The summed E-state index contributed by atoms with van der Waals surface area (Å²) in [5.41, 5.74) is 2.05. The van der Waals surface area contributed by atoms with Crippen molar-refractivity contribution in [2.24, 2.45) is 17.8 Å². The first-order chi connectivity index (χ1) is 15.9. The summed E-state index contributed by atoms with van der Waals surface area (Å²) < 4.78 is 8.18. The van der Waals surface area contributed by atoms with Crippen molar-refractivity contribution in [2.45, 2.75) is 111 Å². The van der Waals surface area contributed by atoms with Crippen LogP contribution in [0.3, 0.4) is 0 Å². The van der Waals surface area contributed by atoms with Crippen LogP contribution in [0.5, 0.6) is 0 Å². The molecule has 2 atom stereocenters. The lowest BCUT2D eigenvalue weighted by Crippen LogP contribution is -2.40. The van der Waals surface area contributed by atoms with Crippen molar-refractivity contribution in [2.75, 3.05) is 0 Å². The van der Waals surface area contributed by atoms with Crippen LogP contribution in [0.1, 0.15) is 126 Å². The topological polar surface area (TPSA) is 83.2 Å².